The highest BCUT2D eigenvalue weighted by molar-refractivity contribution is 7.85. The van der Waals surface area contributed by atoms with Crippen LogP contribution in [0.15, 0.2) is 29.2 Å². The van der Waals surface area contributed by atoms with E-state index in [1.165, 1.54) is 12.1 Å². The van der Waals surface area contributed by atoms with Gasteiger partial charge in [0.2, 0.25) is 0 Å². The summed E-state index contributed by atoms with van der Waals surface area (Å²) in [6.07, 6.45) is -1.62. The Morgan fingerprint density at radius 1 is 1.40 bits per heavy atom. The average molecular weight is 234 g/mol. The Hall–Kier alpha value is -1.27. The zero-order chi connectivity index (χ0) is 11.6. The molecule has 0 aliphatic rings. The van der Waals surface area contributed by atoms with E-state index in [2.05, 4.69) is 0 Å². The van der Waals surface area contributed by atoms with Crippen molar-refractivity contribution in [1.82, 2.24) is 0 Å². The Morgan fingerprint density at radius 3 is 2.47 bits per heavy atom. The van der Waals surface area contributed by atoms with E-state index in [0.29, 0.717) is 11.6 Å². The van der Waals surface area contributed by atoms with Crippen LogP contribution >= 0.6 is 0 Å². The lowest BCUT2D eigenvalue weighted by Gasteiger charge is -2.03. The molecule has 6 heteroatoms. The lowest BCUT2D eigenvalue weighted by Crippen LogP contribution is -2.01. The fourth-order valence-corrected chi connectivity index (χ4v) is 1.79. The summed E-state index contributed by atoms with van der Waals surface area (Å²) in [7, 11) is -4.47. The normalized spacial score (nSPS) is 11.2. The highest BCUT2D eigenvalue weighted by atomic mass is 32.2. The summed E-state index contributed by atoms with van der Waals surface area (Å²) in [5, 5.41) is 0. The van der Waals surface area contributed by atoms with E-state index in [0.717, 1.165) is 6.07 Å². The van der Waals surface area contributed by atoms with Crippen molar-refractivity contribution in [3.63, 3.8) is 0 Å². The first-order valence-electron chi connectivity index (χ1n) is 3.91. The van der Waals surface area contributed by atoms with Gasteiger partial charge in [-0.05, 0) is 13.0 Å². The minimum atomic E-state index is -4.47. The van der Waals surface area contributed by atoms with Gasteiger partial charge in [-0.15, -0.1) is 0 Å². The molecule has 0 saturated carbocycles. The fourth-order valence-electron chi connectivity index (χ4n) is 1.13. The average Bonchev–Trinajstić information content (AvgIpc) is 1.99. The predicted molar refractivity (Wildman–Crippen MR) is 51.2 cm³/mol. The second-order valence-corrected chi connectivity index (χ2v) is 4.34. The van der Waals surface area contributed by atoms with E-state index >= 15 is 0 Å². The molecule has 1 rings (SSSR count). The van der Waals surface area contributed by atoms with Gasteiger partial charge in [0.15, 0.2) is 0 Å². The number of benzene rings is 1. The first-order chi connectivity index (χ1) is 6.80. The lowest BCUT2D eigenvalue weighted by molar-refractivity contribution is 0.429. The van der Waals surface area contributed by atoms with Crippen molar-refractivity contribution < 1.29 is 21.8 Å². The number of hydrogen-bond acceptors (Lipinski definition) is 2. The van der Waals surface area contributed by atoms with Gasteiger partial charge < -0.3 is 0 Å². The van der Waals surface area contributed by atoms with Crippen molar-refractivity contribution in [3.8, 4) is 0 Å². The van der Waals surface area contributed by atoms with Gasteiger partial charge in [-0.25, -0.2) is 0 Å². The van der Waals surface area contributed by atoms with E-state index in [1.807, 2.05) is 0 Å². The topological polar surface area (TPSA) is 54.4 Å². The van der Waals surface area contributed by atoms with Crippen molar-refractivity contribution in [2.24, 2.45) is 0 Å². The number of halogens is 2. The first-order valence-corrected chi connectivity index (χ1v) is 5.35. The van der Waals surface area contributed by atoms with Gasteiger partial charge in [0.1, 0.15) is 4.90 Å². The summed E-state index contributed by atoms with van der Waals surface area (Å²) >= 11 is 0. The molecule has 0 fully saturated rings. The summed E-state index contributed by atoms with van der Waals surface area (Å²) in [5.41, 5.74) is 0.396. The molecule has 0 aromatic heterocycles. The van der Waals surface area contributed by atoms with Gasteiger partial charge in [-0.3, -0.25) is 4.55 Å². The van der Waals surface area contributed by atoms with Gasteiger partial charge in [0.25, 0.3) is 16.2 Å². The zero-order valence-electron chi connectivity index (χ0n) is 7.74. The first kappa shape index (κ1) is 11.8. The smallest absolute Gasteiger partial charge is 0.282 e. The molecule has 0 radical (unpaired) electrons. The molecular formula is C9H8F2O3S. The van der Waals surface area contributed by atoms with Crippen LogP contribution in [-0.2, 0) is 10.1 Å². The van der Waals surface area contributed by atoms with Crippen LogP contribution in [0.4, 0.5) is 8.78 Å². The summed E-state index contributed by atoms with van der Waals surface area (Å²) in [6, 6.07) is 3.75. The molecule has 0 heterocycles. The third kappa shape index (κ3) is 3.10. The van der Waals surface area contributed by atoms with E-state index in [9.17, 15) is 17.2 Å². The molecule has 82 valence electrons. The molecule has 0 atom stereocenters. The third-order valence-electron chi connectivity index (χ3n) is 1.71. The summed E-state index contributed by atoms with van der Waals surface area (Å²) < 4.78 is 54.4. The van der Waals surface area contributed by atoms with Crippen LogP contribution in [0.1, 0.15) is 11.1 Å². The van der Waals surface area contributed by atoms with Crippen molar-refractivity contribution >= 4 is 16.2 Å². The molecule has 0 spiro atoms. The summed E-state index contributed by atoms with van der Waals surface area (Å²) in [6.45, 7) is 1.63. The molecule has 1 N–H and O–H groups in total. The molecular weight excluding hydrogens is 226 g/mol. The van der Waals surface area contributed by atoms with Crippen LogP contribution in [-0.4, -0.2) is 13.0 Å². The van der Waals surface area contributed by atoms with Crippen LogP contribution in [0.5, 0.6) is 0 Å². The third-order valence-corrected chi connectivity index (χ3v) is 2.64. The number of rotatable bonds is 2. The minimum absolute atomic E-state index is 0.225. The van der Waals surface area contributed by atoms with Gasteiger partial charge in [0, 0.05) is 11.6 Å². The largest absolute Gasteiger partial charge is 0.295 e. The Balaban J connectivity index is 3.47. The summed E-state index contributed by atoms with van der Waals surface area (Å²) in [5.74, 6) is 0. The van der Waals surface area contributed by atoms with Gasteiger partial charge in [-0.1, -0.05) is 17.7 Å². The lowest BCUT2D eigenvalue weighted by atomic mass is 10.1. The van der Waals surface area contributed by atoms with Crippen LogP contribution in [0.25, 0.3) is 6.08 Å². The van der Waals surface area contributed by atoms with Crippen LogP contribution < -0.4 is 0 Å². The fraction of sp³-hybridized carbons (Fsp3) is 0.111. The van der Waals surface area contributed by atoms with Gasteiger partial charge in [0.05, 0.1) is 0 Å². The van der Waals surface area contributed by atoms with E-state index in [1.54, 1.807) is 6.92 Å². The van der Waals surface area contributed by atoms with Crippen molar-refractivity contribution in [2.45, 2.75) is 11.8 Å². The Morgan fingerprint density at radius 2 is 2.00 bits per heavy atom. The Labute approximate surface area is 85.8 Å². The molecule has 0 bridgehead atoms. The highest BCUT2D eigenvalue weighted by Gasteiger charge is 2.14. The molecule has 1 aromatic rings. The molecule has 3 nitrogen and oxygen atoms in total. The van der Waals surface area contributed by atoms with Gasteiger partial charge >= 0.3 is 0 Å². The number of aryl methyl sites for hydroxylation is 1. The second kappa shape index (κ2) is 4.08. The van der Waals surface area contributed by atoms with Crippen molar-refractivity contribution in [3.05, 3.63) is 35.4 Å². The molecule has 15 heavy (non-hydrogen) atoms. The molecule has 0 aliphatic carbocycles. The quantitative estimate of drug-likeness (QED) is 0.800. The standard InChI is InChI=1S/C9H8F2O3S/c1-6-2-3-8(15(12,13)14)7(4-6)5-9(10)11/h2-5H,1H3,(H,12,13,14). The van der Waals surface area contributed by atoms with Crippen molar-refractivity contribution in [2.75, 3.05) is 0 Å². The maximum atomic E-state index is 12.0. The van der Waals surface area contributed by atoms with Gasteiger partial charge in [-0.2, -0.15) is 17.2 Å². The molecule has 1 aromatic carbocycles. The molecule has 0 aliphatic heterocycles. The SMILES string of the molecule is Cc1ccc(S(=O)(=O)O)c(C=C(F)F)c1. The molecule has 0 unspecified atom stereocenters. The summed E-state index contributed by atoms with van der Waals surface area (Å²) in [4.78, 5) is -0.527. The molecule has 0 saturated heterocycles. The van der Waals surface area contributed by atoms with Crippen LogP contribution in [0.3, 0.4) is 0 Å². The Bertz CT molecular complexity index is 502. The predicted octanol–water partition coefficient (Wildman–Crippen LogP) is 2.48. The van der Waals surface area contributed by atoms with E-state index < -0.39 is 21.1 Å². The van der Waals surface area contributed by atoms with E-state index in [-0.39, 0.29) is 5.56 Å². The van der Waals surface area contributed by atoms with Crippen LogP contribution in [0, 0.1) is 6.92 Å². The Kier molecular flexibility index (Phi) is 3.21. The maximum absolute atomic E-state index is 12.0. The maximum Gasteiger partial charge on any atom is 0.295 e. The van der Waals surface area contributed by atoms with Crippen molar-refractivity contribution in [1.29, 1.82) is 0 Å². The number of hydrogen-bond donors (Lipinski definition) is 1. The minimum Gasteiger partial charge on any atom is -0.282 e. The van der Waals surface area contributed by atoms with Crippen LogP contribution in [0.2, 0.25) is 0 Å². The molecule has 0 amide bonds. The monoisotopic (exact) mass is 234 g/mol. The highest BCUT2D eigenvalue weighted by Crippen LogP contribution is 2.20. The van der Waals surface area contributed by atoms with E-state index in [4.69, 9.17) is 4.55 Å². The second-order valence-electron chi connectivity index (χ2n) is 2.95. The zero-order valence-corrected chi connectivity index (χ0v) is 8.55.